The average molecular weight is 183 g/mol. The fourth-order valence-corrected chi connectivity index (χ4v) is 1.80. The summed E-state index contributed by atoms with van der Waals surface area (Å²) >= 11 is 0. The number of unbranched alkanes of at least 4 members (excludes halogenated alkanes) is 1. The Labute approximate surface area is 81.0 Å². The normalized spacial score (nSPS) is 19.7. The van der Waals surface area contributed by atoms with Gasteiger partial charge >= 0.3 is 0 Å². The second-order valence-corrected chi connectivity index (χ2v) is 3.66. The Bertz CT molecular complexity index is 139. The highest BCUT2D eigenvalue weighted by Crippen LogP contribution is 2.09. The molecule has 3 heteroatoms. The lowest BCUT2D eigenvalue weighted by molar-refractivity contribution is 0.225. The second-order valence-electron chi connectivity index (χ2n) is 3.66. The van der Waals surface area contributed by atoms with E-state index in [2.05, 4.69) is 9.89 Å². The largest absolute Gasteiger partial charge is 0.390 e. The first-order chi connectivity index (χ1) is 6.43. The average Bonchev–Trinajstić information content (AvgIpc) is 2.19. The summed E-state index contributed by atoms with van der Waals surface area (Å²) in [5, 5.41) is 0. The third kappa shape index (κ3) is 4.88. The number of nitrogens with zero attached hydrogens (tertiary/aromatic N) is 2. The summed E-state index contributed by atoms with van der Waals surface area (Å²) in [5.41, 5.74) is 5.15. The Kier molecular flexibility index (Phi) is 5.57. The van der Waals surface area contributed by atoms with E-state index in [0.717, 1.165) is 6.54 Å². The molecule has 0 aromatic carbocycles. The highest BCUT2D eigenvalue weighted by atomic mass is 15.1. The first kappa shape index (κ1) is 10.5. The topological polar surface area (TPSA) is 41.6 Å². The fraction of sp³-hybridized carbons (Fsp3) is 0.900. The smallest absolute Gasteiger partial charge is 0.0797 e. The summed E-state index contributed by atoms with van der Waals surface area (Å²) in [5.74, 6) is 0. The van der Waals surface area contributed by atoms with E-state index in [1.165, 1.54) is 58.1 Å². The molecule has 1 rings (SSSR count). The predicted octanol–water partition coefficient (Wildman–Crippen LogP) is 1.24. The molecule has 1 aliphatic rings. The van der Waals surface area contributed by atoms with Gasteiger partial charge in [-0.3, -0.25) is 4.99 Å². The Morgan fingerprint density at radius 3 is 2.62 bits per heavy atom. The number of rotatable bonds is 5. The van der Waals surface area contributed by atoms with Crippen molar-refractivity contribution < 1.29 is 0 Å². The molecule has 1 fully saturated rings. The van der Waals surface area contributed by atoms with Crippen LogP contribution >= 0.6 is 0 Å². The number of hydrogen-bond donors (Lipinski definition) is 1. The fourth-order valence-electron chi connectivity index (χ4n) is 1.80. The third-order valence-electron chi connectivity index (χ3n) is 2.57. The molecular formula is C10H21N3. The molecule has 0 unspecified atom stereocenters. The van der Waals surface area contributed by atoms with Crippen LogP contribution in [-0.2, 0) is 0 Å². The van der Waals surface area contributed by atoms with Crippen LogP contribution in [0.1, 0.15) is 32.1 Å². The summed E-state index contributed by atoms with van der Waals surface area (Å²) in [6.07, 6.45) is 8.04. The van der Waals surface area contributed by atoms with Crippen molar-refractivity contribution in [2.75, 3.05) is 26.2 Å². The maximum absolute atomic E-state index is 5.15. The van der Waals surface area contributed by atoms with Crippen molar-refractivity contribution >= 4 is 6.34 Å². The van der Waals surface area contributed by atoms with Crippen LogP contribution in [0.25, 0.3) is 0 Å². The molecule has 1 heterocycles. The quantitative estimate of drug-likeness (QED) is 0.396. The van der Waals surface area contributed by atoms with Gasteiger partial charge in [0.25, 0.3) is 0 Å². The zero-order chi connectivity index (χ0) is 9.36. The summed E-state index contributed by atoms with van der Waals surface area (Å²) in [6, 6.07) is 0. The molecule has 0 radical (unpaired) electrons. The van der Waals surface area contributed by atoms with Gasteiger partial charge < -0.3 is 10.6 Å². The molecule has 1 aliphatic heterocycles. The second kappa shape index (κ2) is 6.89. The molecule has 76 valence electrons. The van der Waals surface area contributed by atoms with E-state index >= 15 is 0 Å². The maximum atomic E-state index is 5.15. The molecule has 1 saturated heterocycles. The van der Waals surface area contributed by atoms with E-state index in [9.17, 15) is 0 Å². The monoisotopic (exact) mass is 183 g/mol. The molecule has 0 atom stereocenters. The molecule has 13 heavy (non-hydrogen) atoms. The molecule has 0 amide bonds. The van der Waals surface area contributed by atoms with Gasteiger partial charge in [0.15, 0.2) is 0 Å². The number of piperidine rings is 1. The molecular weight excluding hydrogens is 162 g/mol. The van der Waals surface area contributed by atoms with Gasteiger partial charge in [-0.25, -0.2) is 0 Å². The summed E-state index contributed by atoms with van der Waals surface area (Å²) in [4.78, 5) is 6.55. The number of likely N-dealkylation sites (tertiary alicyclic amines) is 1. The molecule has 0 aromatic rings. The molecule has 0 saturated carbocycles. The van der Waals surface area contributed by atoms with Crippen molar-refractivity contribution in [1.29, 1.82) is 0 Å². The Balaban J connectivity index is 1.92. The molecule has 0 bridgehead atoms. The van der Waals surface area contributed by atoms with Gasteiger partial charge in [-0.15, -0.1) is 0 Å². The van der Waals surface area contributed by atoms with Gasteiger partial charge in [-0.05, 0) is 45.3 Å². The standard InChI is InChI=1S/C10H21N3/c11-10-12-6-2-5-9-13-7-3-1-4-8-13/h10H,1-9H2,(H2,11,12). The number of aliphatic imine (C=N–C) groups is 1. The third-order valence-corrected chi connectivity index (χ3v) is 2.57. The van der Waals surface area contributed by atoms with Crippen LogP contribution in [0.15, 0.2) is 4.99 Å². The van der Waals surface area contributed by atoms with Gasteiger partial charge in [-0.2, -0.15) is 0 Å². The summed E-state index contributed by atoms with van der Waals surface area (Å²) < 4.78 is 0. The van der Waals surface area contributed by atoms with Crippen LogP contribution in [0.5, 0.6) is 0 Å². The summed E-state index contributed by atoms with van der Waals surface area (Å²) in [6.45, 7) is 4.75. The van der Waals surface area contributed by atoms with E-state index in [-0.39, 0.29) is 0 Å². The number of hydrogen-bond acceptors (Lipinski definition) is 2. The molecule has 2 N–H and O–H groups in total. The van der Waals surface area contributed by atoms with Crippen molar-refractivity contribution in [3.05, 3.63) is 0 Å². The van der Waals surface area contributed by atoms with Crippen LogP contribution in [0.3, 0.4) is 0 Å². The van der Waals surface area contributed by atoms with E-state index in [4.69, 9.17) is 5.73 Å². The molecule has 0 aromatic heterocycles. The molecule has 3 nitrogen and oxygen atoms in total. The number of nitrogens with two attached hydrogens (primary N) is 1. The van der Waals surface area contributed by atoms with Gasteiger partial charge in [0.1, 0.15) is 0 Å². The Morgan fingerprint density at radius 2 is 1.92 bits per heavy atom. The van der Waals surface area contributed by atoms with Gasteiger partial charge in [0.05, 0.1) is 6.34 Å². The minimum Gasteiger partial charge on any atom is -0.390 e. The van der Waals surface area contributed by atoms with E-state index in [1.807, 2.05) is 0 Å². The van der Waals surface area contributed by atoms with Crippen LogP contribution < -0.4 is 5.73 Å². The SMILES string of the molecule is NC=NCCCCN1CCCCC1. The first-order valence-electron chi connectivity index (χ1n) is 5.36. The van der Waals surface area contributed by atoms with Gasteiger partial charge in [-0.1, -0.05) is 6.42 Å². The van der Waals surface area contributed by atoms with Crippen LogP contribution in [0, 0.1) is 0 Å². The molecule has 0 aliphatic carbocycles. The van der Waals surface area contributed by atoms with E-state index in [1.54, 1.807) is 0 Å². The lowest BCUT2D eigenvalue weighted by Crippen LogP contribution is -2.30. The lowest BCUT2D eigenvalue weighted by atomic mass is 10.1. The summed E-state index contributed by atoms with van der Waals surface area (Å²) in [7, 11) is 0. The Morgan fingerprint density at radius 1 is 1.15 bits per heavy atom. The van der Waals surface area contributed by atoms with Crippen molar-refractivity contribution in [2.45, 2.75) is 32.1 Å². The predicted molar refractivity (Wildman–Crippen MR) is 57.1 cm³/mol. The minimum atomic E-state index is 0.893. The molecule has 0 spiro atoms. The van der Waals surface area contributed by atoms with Crippen molar-refractivity contribution in [1.82, 2.24) is 4.90 Å². The highest BCUT2D eigenvalue weighted by Gasteiger charge is 2.08. The van der Waals surface area contributed by atoms with Crippen LogP contribution in [0.2, 0.25) is 0 Å². The highest BCUT2D eigenvalue weighted by molar-refractivity contribution is 5.50. The van der Waals surface area contributed by atoms with Gasteiger partial charge in [0, 0.05) is 6.54 Å². The van der Waals surface area contributed by atoms with Crippen LogP contribution in [-0.4, -0.2) is 37.4 Å². The van der Waals surface area contributed by atoms with Gasteiger partial charge in [0.2, 0.25) is 0 Å². The van der Waals surface area contributed by atoms with Crippen LogP contribution in [0.4, 0.5) is 0 Å². The van der Waals surface area contributed by atoms with Crippen molar-refractivity contribution in [3.63, 3.8) is 0 Å². The Hall–Kier alpha value is -0.570. The zero-order valence-electron chi connectivity index (χ0n) is 8.41. The zero-order valence-corrected chi connectivity index (χ0v) is 8.41. The van der Waals surface area contributed by atoms with E-state index in [0.29, 0.717) is 0 Å². The van der Waals surface area contributed by atoms with Crippen molar-refractivity contribution in [2.24, 2.45) is 10.7 Å². The maximum Gasteiger partial charge on any atom is 0.0797 e. The minimum absolute atomic E-state index is 0.893. The van der Waals surface area contributed by atoms with Crippen molar-refractivity contribution in [3.8, 4) is 0 Å². The van der Waals surface area contributed by atoms with E-state index < -0.39 is 0 Å². The lowest BCUT2D eigenvalue weighted by Gasteiger charge is -2.26. The first-order valence-corrected chi connectivity index (χ1v) is 5.36.